The van der Waals surface area contributed by atoms with Crippen LogP contribution in [0.15, 0.2) is 59.8 Å². The lowest BCUT2D eigenvalue weighted by molar-refractivity contribution is -0.115. The standard InChI is InChI=1S/C19H16F4N4O3S/c20-18(21)15-4-2-1-3-11(15)7-17(28)26-13-5-6-14(16(8-13)31(24,29)30)12-9-25-27(10-12)19(22)23/h1-6,8-10,18-19H,7H2,(H,26,28)(H2,24,29,30). The highest BCUT2D eigenvalue weighted by Gasteiger charge is 2.20. The lowest BCUT2D eigenvalue weighted by Crippen LogP contribution is -2.17. The molecule has 1 heterocycles. The maximum Gasteiger partial charge on any atom is 0.333 e. The Bertz CT molecular complexity index is 1210. The van der Waals surface area contributed by atoms with Crippen molar-refractivity contribution in [2.75, 3.05) is 5.32 Å². The predicted molar refractivity (Wildman–Crippen MR) is 104 cm³/mol. The van der Waals surface area contributed by atoms with E-state index in [1.165, 1.54) is 36.4 Å². The maximum absolute atomic E-state index is 13.1. The summed E-state index contributed by atoms with van der Waals surface area (Å²) in [5.74, 6) is -0.660. The molecule has 31 heavy (non-hydrogen) atoms. The summed E-state index contributed by atoms with van der Waals surface area (Å²) in [5, 5.41) is 11.1. The zero-order chi connectivity index (χ0) is 22.8. The molecule has 0 saturated carbocycles. The molecule has 0 bridgehead atoms. The van der Waals surface area contributed by atoms with Crippen molar-refractivity contribution in [3.05, 3.63) is 66.0 Å². The number of carbonyl (C=O) groups is 1. The number of halogens is 4. The molecule has 3 N–H and O–H groups in total. The number of benzene rings is 2. The third kappa shape index (κ3) is 5.27. The largest absolute Gasteiger partial charge is 0.333 e. The number of nitrogens with two attached hydrogens (primary N) is 1. The Morgan fingerprint density at radius 1 is 1.13 bits per heavy atom. The first-order chi connectivity index (χ1) is 14.6. The van der Waals surface area contributed by atoms with Crippen molar-refractivity contribution < 1.29 is 30.8 Å². The normalized spacial score (nSPS) is 11.8. The van der Waals surface area contributed by atoms with E-state index in [1.54, 1.807) is 0 Å². The van der Waals surface area contributed by atoms with Gasteiger partial charge in [0.2, 0.25) is 15.9 Å². The highest BCUT2D eigenvalue weighted by atomic mass is 32.2. The minimum Gasteiger partial charge on any atom is -0.326 e. The molecule has 0 unspecified atom stereocenters. The number of nitrogens with one attached hydrogen (secondary N) is 1. The minimum absolute atomic E-state index is 0.00967. The SMILES string of the molecule is NS(=O)(=O)c1cc(NC(=O)Cc2ccccc2C(F)F)ccc1-c1cnn(C(F)F)c1. The molecular formula is C19H16F4N4O3S. The molecular weight excluding hydrogens is 440 g/mol. The first-order valence-electron chi connectivity index (χ1n) is 8.71. The zero-order valence-electron chi connectivity index (χ0n) is 15.7. The Morgan fingerprint density at radius 3 is 2.45 bits per heavy atom. The van der Waals surface area contributed by atoms with Crippen LogP contribution in [0.3, 0.4) is 0 Å². The Hall–Kier alpha value is -3.25. The van der Waals surface area contributed by atoms with E-state index < -0.39 is 33.8 Å². The molecule has 0 fully saturated rings. The van der Waals surface area contributed by atoms with Crippen LogP contribution in [-0.4, -0.2) is 24.1 Å². The molecule has 1 amide bonds. The maximum atomic E-state index is 13.1. The number of hydrogen-bond acceptors (Lipinski definition) is 4. The fraction of sp³-hybridized carbons (Fsp3) is 0.158. The number of anilines is 1. The molecule has 12 heteroatoms. The third-order valence-corrected chi connectivity index (χ3v) is 5.28. The van der Waals surface area contributed by atoms with Crippen LogP contribution in [0.2, 0.25) is 0 Å². The third-order valence-electron chi connectivity index (χ3n) is 4.33. The van der Waals surface area contributed by atoms with Gasteiger partial charge in [-0.15, -0.1) is 0 Å². The fourth-order valence-electron chi connectivity index (χ4n) is 2.94. The van der Waals surface area contributed by atoms with Crippen LogP contribution in [0.4, 0.5) is 23.2 Å². The van der Waals surface area contributed by atoms with Crippen LogP contribution in [0, 0.1) is 0 Å². The van der Waals surface area contributed by atoms with E-state index >= 15 is 0 Å². The van der Waals surface area contributed by atoms with E-state index in [4.69, 9.17) is 5.14 Å². The number of sulfonamides is 1. The molecule has 0 aliphatic heterocycles. The molecule has 2 aromatic carbocycles. The van der Waals surface area contributed by atoms with Crippen molar-refractivity contribution in [1.29, 1.82) is 0 Å². The number of alkyl halides is 4. The zero-order valence-corrected chi connectivity index (χ0v) is 16.5. The first-order valence-corrected chi connectivity index (χ1v) is 10.3. The monoisotopic (exact) mass is 456 g/mol. The van der Waals surface area contributed by atoms with Crippen LogP contribution < -0.4 is 10.5 Å². The summed E-state index contributed by atoms with van der Waals surface area (Å²) in [7, 11) is -4.30. The summed E-state index contributed by atoms with van der Waals surface area (Å²) in [6.45, 7) is -2.92. The van der Waals surface area contributed by atoms with Crippen LogP contribution in [0.5, 0.6) is 0 Å². The van der Waals surface area contributed by atoms with Crippen molar-refractivity contribution >= 4 is 21.6 Å². The highest BCUT2D eigenvalue weighted by molar-refractivity contribution is 7.89. The quantitative estimate of drug-likeness (QED) is 0.529. The molecule has 164 valence electrons. The lowest BCUT2D eigenvalue weighted by Gasteiger charge is -2.12. The van der Waals surface area contributed by atoms with E-state index in [1.807, 2.05) is 0 Å². The summed E-state index contributed by atoms with van der Waals surface area (Å²) >= 11 is 0. The van der Waals surface area contributed by atoms with E-state index in [0.717, 1.165) is 18.5 Å². The molecule has 0 spiro atoms. The molecule has 0 atom stereocenters. The van der Waals surface area contributed by atoms with Crippen molar-refractivity contribution in [3.63, 3.8) is 0 Å². The summed E-state index contributed by atoms with van der Waals surface area (Å²) in [6, 6.07) is 9.21. The Morgan fingerprint density at radius 2 is 1.84 bits per heavy atom. The van der Waals surface area contributed by atoms with E-state index in [-0.39, 0.29) is 34.4 Å². The van der Waals surface area contributed by atoms with Gasteiger partial charge in [-0.1, -0.05) is 30.3 Å². The molecule has 7 nitrogen and oxygen atoms in total. The predicted octanol–water partition coefficient (Wildman–Crippen LogP) is 3.71. The molecule has 0 radical (unpaired) electrons. The fourth-order valence-corrected chi connectivity index (χ4v) is 3.73. The van der Waals surface area contributed by atoms with E-state index in [9.17, 15) is 30.8 Å². The van der Waals surface area contributed by atoms with Gasteiger partial charge < -0.3 is 5.32 Å². The van der Waals surface area contributed by atoms with Gasteiger partial charge in [0.25, 0.3) is 6.43 Å². The van der Waals surface area contributed by atoms with Gasteiger partial charge in [0.1, 0.15) is 0 Å². The van der Waals surface area contributed by atoms with Gasteiger partial charge in [-0.2, -0.15) is 13.9 Å². The average Bonchev–Trinajstić information content (AvgIpc) is 3.18. The topological polar surface area (TPSA) is 107 Å². The average molecular weight is 456 g/mol. The van der Waals surface area contributed by atoms with Crippen molar-refractivity contribution in [3.8, 4) is 11.1 Å². The Balaban J connectivity index is 1.88. The number of nitrogens with zero attached hydrogens (tertiary/aromatic N) is 2. The lowest BCUT2D eigenvalue weighted by atomic mass is 10.0. The summed E-state index contributed by atoms with van der Waals surface area (Å²) in [6.07, 6.45) is -1.12. The molecule has 0 aliphatic carbocycles. The van der Waals surface area contributed by atoms with Crippen molar-refractivity contribution in [2.24, 2.45) is 5.14 Å². The molecule has 3 aromatic rings. The van der Waals surface area contributed by atoms with Crippen LogP contribution in [0.25, 0.3) is 11.1 Å². The second-order valence-corrected chi connectivity index (χ2v) is 8.00. The highest BCUT2D eigenvalue weighted by Crippen LogP contribution is 2.30. The molecule has 3 rings (SSSR count). The minimum atomic E-state index is -4.30. The van der Waals surface area contributed by atoms with Crippen LogP contribution in [-0.2, 0) is 21.2 Å². The molecule has 1 aromatic heterocycles. The summed E-state index contributed by atoms with van der Waals surface area (Å²) < 4.78 is 76.1. The van der Waals surface area contributed by atoms with Gasteiger partial charge in [0.05, 0.1) is 17.5 Å². The summed E-state index contributed by atoms with van der Waals surface area (Å²) in [5.41, 5.74) is -0.0379. The number of aromatic nitrogens is 2. The number of primary sulfonamides is 1. The van der Waals surface area contributed by atoms with E-state index in [2.05, 4.69) is 10.4 Å². The van der Waals surface area contributed by atoms with E-state index in [0.29, 0.717) is 4.68 Å². The summed E-state index contributed by atoms with van der Waals surface area (Å²) in [4.78, 5) is 11.9. The van der Waals surface area contributed by atoms with Crippen molar-refractivity contribution in [2.45, 2.75) is 24.3 Å². The number of hydrogen-bond donors (Lipinski definition) is 2. The smallest absolute Gasteiger partial charge is 0.326 e. The van der Waals surface area contributed by atoms with Crippen LogP contribution >= 0.6 is 0 Å². The van der Waals surface area contributed by atoms with Crippen LogP contribution in [0.1, 0.15) is 24.1 Å². The number of amides is 1. The van der Waals surface area contributed by atoms with Gasteiger partial charge in [-0.25, -0.2) is 27.0 Å². The first kappa shape index (κ1) is 22.4. The van der Waals surface area contributed by atoms with Gasteiger partial charge in [-0.3, -0.25) is 4.79 Å². The Kier molecular flexibility index (Phi) is 6.41. The van der Waals surface area contributed by atoms with Gasteiger partial charge in [-0.05, 0) is 17.7 Å². The number of carbonyl (C=O) groups excluding carboxylic acids is 1. The molecule has 0 saturated heterocycles. The molecule has 0 aliphatic rings. The second-order valence-electron chi connectivity index (χ2n) is 6.47. The second kappa shape index (κ2) is 8.86. The van der Waals surface area contributed by atoms with Crippen molar-refractivity contribution in [1.82, 2.24) is 9.78 Å². The van der Waals surface area contributed by atoms with Gasteiger partial charge >= 0.3 is 6.55 Å². The van der Waals surface area contributed by atoms with Gasteiger partial charge in [0, 0.05) is 28.6 Å². The Labute approximate surface area is 174 Å². The van der Waals surface area contributed by atoms with Gasteiger partial charge in [0.15, 0.2) is 0 Å². The number of rotatable bonds is 7.